The highest BCUT2D eigenvalue weighted by molar-refractivity contribution is 8.01. The molecule has 3 aliphatic heterocycles. The molecule has 0 aromatic rings. The molecular weight excluding hydrogens is 222 g/mol. The van der Waals surface area contributed by atoms with E-state index < -0.39 is 0 Å². The maximum atomic E-state index is 12.3. The summed E-state index contributed by atoms with van der Waals surface area (Å²) in [6.45, 7) is 5.77. The fourth-order valence-corrected chi connectivity index (χ4v) is 4.60. The molecule has 4 unspecified atom stereocenters. The summed E-state index contributed by atoms with van der Waals surface area (Å²) in [4.78, 5) is 26.1. The van der Waals surface area contributed by atoms with Gasteiger partial charge in [-0.1, -0.05) is 12.2 Å². The zero-order valence-corrected chi connectivity index (χ0v) is 10.5. The van der Waals surface area contributed by atoms with Crippen LogP contribution in [0, 0.1) is 11.8 Å². The Balaban J connectivity index is 2.01. The molecule has 0 N–H and O–H groups in total. The van der Waals surface area contributed by atoms with Gasteiger partial charge in [-0.25, -0.2) is 0 Å². The number of hydrogen-bond donors (Lipinski definition) is 0. The highest BCUT2D eigenvalue weighted by atomic mass is 32.2. The van der Waals surface area contributed by atoms with E-state index in [1.54, 1.807) is 11.8 Å². The van der Waals surface area contributed by atoms with Crippen LogP contribution in [-0.2, 0) is 9.59 Å². The van der Waals surface area contributed by atoms with Crippen LogP contribution in [0.15, 0.2) is 12.2 Å². The van der Waals surface area contributed by atoms with Gasteiger partial charge < -0.3 is 0 Å². The molecule has 16 heavy (non-hydrogen) atoms. The molecule has 0 aliphatic carbocycles. The lowest BCUT2D eigenvalue weighted by molar-refractivity contribution is -0.145. The second-order valence-electron chi connectivity index (χ2n) is 5.68. The van der Waals surface area contributed by atoms with E-state index in [1.165, 1.54) is 4.90 Å². The minimum absolute atomic E-state index is 0.0341. The number of likely N-dealkylation sites (tertiary alicyclic amines) is 1. The van der Waals surface area contributed by atoms with Gasteiger partial charge >= 0.3 is 0 Å². The molecule has 0 spiro atoms. The van der Waals surface area contributed by atoms with E-state index in [9.17, 15) is 9.59 Å². The molecule has 2 amide bonds. The Labute approximate surface area is 99.3 Å². The third kappa shape index (κ3) is 1.11. The topological polar surface area (TPSA) is 37.4 Å². The van der Waals surface area contributed by atoms with E-state index in [1.807, 2.05) is 20.8 Å². The normalized spacial score (nSPS) is 41.1. The van der Waals surface area contributed by atoms with E-state index >= 15 is 0 Å². The Kier molecular flexibility index (Phi) is 1.89. The molecule has 86 valence electrons. The molecule has 4 atom stereocenters. The molecule has 0 aromatic heterocycles. The monoisotopic (exact) mass is 237 g/mol. The summed E-state index contributed by atoms with van der Waals surface area (Å²) in [6.07, 6.45) is 4.18. The Hall–Kier alpha value is -0.770. The number of thioether (sulfide) groups is 1. The SMILES string of the molecule is CC(C)(C)N1C(=O)C2C3C=CC(S3)C2C1=O. The molecule has 2 saturated heterocycles. The van der Waals surface area contributed by atoms with E-state index in [0.29, 0.717) is 0 Å². The van der Waals surface area contributed by atoms with Crippen molar-refractivity contribution in [2.45, 2.75) is 36.8 Å². The lowest BCUT2D eigenvalue weighted by Gasteiger charge is -2.31. The van der Waals surface area contributed by atoms with Gasteiger partial charge in [-0.2, -0.15) is 0 Å². The van der Waals surface area contributed by atoms with Crippen molar-refractivity contribution >= 4 is 23.6 Å². The molecule has 3 heterocycles. The van der Waals surface area contributed by atoms with Crippen LogP contribution in [0.1, 0.15) is 20.8 Å². The number of imide groups is 1. The van der Waals surface area contributed by atoms with Crippen LogP contribution in [0.2, 0.25) is 0 Å². The van der Waals surface area contributed by atoms with Crippen molar-refractivity contribution in [1.29, 1.82) is 0 Å². The predicted molar refractivity (Wildman–Crippen MR) is 62.9 cm³/mol. The average molecular weight is 237 g/mol. The third-order valence-corrected chi connectivity index (χ3v) is 5.11. The van der Waals surface area contributed by atoms with Crippen LogP contribution in [0.5, 0.6) is 0 Å². The third-order valence-electron chi connectivity index (χ3n) is 3.58. The molecule has 0 aromatic carbocycles. The highest BCUT2D eigenvalue weighted by Gasteiger charge is 2.61. The summed E-state index contributed by atoms with van der Waals surface area (Å²) in [5, 5.41) is 0.470. The smallest absolute Gasteiger partial charge is 0.235 e. The summed E-state index contributed by atoms with van der Waals surface area (Å²) in [6, 6.07) is 0. The minimum atomic E-state index is -0.386. The lowest BCUT2D eigenvalue weighted by Crippen LogP contribution is -2.46. The molecule has 2 fully saturated rings. The van der Waals surface area contributed by atoms with Gasteiger partial charge in [-0.3, -0.25) is 14.5 Å². The zero-order chi connectivity index (χ0) is 11.7. The summed E-state index contributed by atoms with van der Waals surface area (Å²) in [5.74, 6) is -0.114. The lowest BCUT2D eigenvalue weighted by atomic mass is 9.85. The summed E-state index contributed by atoms with van der Waals surface area (Å²) in [5.41, 5.74) is -0.386. The van der Waals surface area contributed by atoms with Crippen molar-refractivity contribution in [3.05, 3.63) is 12.2 Å². The second kappa shape index (κ2) is 2.92. The number of fused-ring (bicyclic) bond motifs is 5. The first kappa shape index (κ1) is 10.4. The quantitative estimate of drug-likeness (QED) is 0.472. The van der Waals surface area contributed by atoms with E-state index in [0.717, 1.165) is 0 Å². The predicted octanol–water partition coefficient (Wildman–Crippen LogP) is 1.44. The highest BCUT2D eigenvalue weighted by Crippen LogP contribution is 2.54. The van der Waals surface area contributed by atoms with Gasteiger partial charge in [-0.05, 0) is 20.8 Å². The van der Waals surface area contributed by atoms with Crippen molar-refractivity contribution in [2.75, 3.05) is 0 Å². The van der Waals surface area contributed by atoms with Crippen molar-refractivity contribution < 1.29 is 9.59 Å². The van der Waals surface area contributed by atoms with Gasteiger partial charge in [0.05, 0.1) is 11.8 Å². The van der Waals surface area contributed by atoms with Gasteiger partial charge in [0.1, 0.15) is 0 Å². The number of carbonyl (C=O) groups is 2. The van der Waals surface area contributed by atoms with Crippen molar-refractivity contribution in [3.63, 3.8) is 0 Å². The van der Waals surface area contributed by atoms with E-state index in [2.05, 4.69) is 12.2 Å². The fourth-order valence-electron chi connectivity index (χ4n) is 2.96. The number of hydrogen-bond acceptors (Lipinski definition) is 3. The maximum Gasteiger partial charge on any atom is 0.235 e. The average Bonchev–Trinajstić information content (AvgIpc) is 2.77. The Morgan fingerprint density at radius 1 is 1.06 bits per heavy atom. The van der Waals surface area contributed by atoms with Crippen LogP contribution >= 0.6 is 11.8 Å². The molecule has 3 rings (SSSR count). The van der Waals surface area contributed by atoms with Crippen LogP contribution < -0.4 is 0 Å². The summed E-state index contributed by atoms with van der Waals surface area (Å²) in [7, 11) is 0. The first-order valence-corrected chi connectivity index (χ1v) is 6.57. The molecule has 3 nitrogen and oxygen atoms in total. The van der Waals surface area contributed by atoms with Gasteiger partial charge in [0.2, 0.25) is 11.8 Å². The summed E-state index contributed by atoms with van der Waals surface area (Å²) < 4.78 is 0. The minimum Gasteiger partial charge on any atom is -0.277 e. The van der Waals surface area contributed by atoms with Gasteiger partial charge in [0.15, 0.2) is 0 Å². The van der Waals surface area contributed by atoms with Crippen molar-refractivity contribution in [2.24, 2.45) is 11.8 Å². The standard InChI is InChI=1S/C12H15NO2S/c1-12(2,3)13-10(14)8-6-4-5-7(16-6)9(8)11(13)15/h4-9H,1-3H3. The molecule has 0 saturated carbocycles. The maximum absolute atomic E-state index is 12.3. The van der Waals surface area contributed by atoms with E-state index in [-0.39, 0.29) is 39.7 Å². The van der Waals surface area contributed by atoms with Gasteiger partial charge in [0, 0.05) is 16.0 Å². The zero-order valence-electron chi connectivity index (χ0n) is 9.64. The molecule has 0 radical (unpaired) electrons. The Morgan fingerprint density at radius 3 is 1.88 bits per heavy atom. The van der Waals surface area contributed by atoms with Crippen LogP contribution in [0.3, 0.4) is 0 Å². The molecule has 2 bridgehead atoms. The molecule has 3 aliphatic rings. The van der Waals surface area contributed by atoms with Crippen LogP contribution in [0.25, 0.3) is 0 Å². The Morgan fingerprint density at radius 2 is 1.50 bits per heavy atom. The van der Waals surface area contributed by atoms with Crippen molar-refractivity contribution in [1.82, 2.24) is 4.90 Å². The largest absolute Gasteiger partial charge is 0.277 e. The fraction of sp³-hybridized carbons (Fsp3) is 0.667. The van der Waals surface area contributed by atoms with Crippen LogP contribution in [-0.4, -0.2) is 32.8 Å². The second-order valence-corrected chi connectivity index (χ2v) is 7.05. The molecule has 4 heteroatoms. The Bertz CT molecular complexity index is 380. The molecular formula is C12H15NO2S. The number of rotatable bonds is 0. The van der Waals surface area contributed by atoms with Crippen LogP contribution in [0.4, 0.5) is 0 Å². The first-order chi connectivity index (χ1) is 7.41. The number of nitrogens with zero attached hydrogens (tertiary/aromatic N) is 1. The van der Waals surface area contributed by atoms with Crippen molar-refractivity contribution in [3.8, 4) is 0 Å². The van der Waals surface area contributed by atoms with Gasteiger partial charge in [-0.15, -0.1) is 11.8 Å². The number of carbonyl (C=O) groups excluding carboxylic acids is 2. The first-order valence-electron chi connectivity index (χ1n) is 5.63. The van der Waals surface area contributed by atoms with E-state index in [4.69, 9.17) is 0 Å². The van der Waals surface area contributed by atoms with Gasteiger partial charge in [0.25, 0.3) is 0 Å². The summed E-state index contributed by atoms with van der Waals surface area (Å²) >= 11 is 1.76. The number of amides is 2.